The highest BCUT2D eigenvalue weighted by Crippen LogP contribution is 2.37. The van der Waals surface area contributed by atoms with Gasteiger partial charge in [0, 0.05) is 5.92 Å². The number of carbonyl (C=O) groups is 1. The predicted octanol–water partition coefficient (Wildman–Crippen LogP) is 2.03. The maximum absolute atomic E-state index is 11.3. The minimum absolute atomic E-state index is 0.0926. The van der Waals surface area contributed by atoms with E-state index in [0.717, 1.165) is 43.6 Å². The number of nitrogens with two attached hydrogens (primary N) is 1. The molecule has 18 heavy (non-hydrogen) atoms. The minimum atomic E-state index is -0.919. The van der Waals surface area contributed by atoms with E-state index in [4.69, 9.17) is 5.73 Å². The lowest BCUT2D eigenvalue weighted by molar-refractivity contribution is 0.0689. The van der Waals surface area contributed by atoms with E-state index in [1.54, 1.807) is 0 Å². The van der Waals surface area contributed by atoms with E-state index >= 15 is 0 Å². The number of carboxylic acid groups (broad SMARTS) is 1. The molecular formula is C13H19N3O2. The monoisotopic (exact) mass is 249 g/mol. The van der Waals surface area contributed by atoms with E-state index in [1.165, 1.54) is 12.8 Å². The Morgan fingerprint density at radius 2 is 2.00 bits per heavy atom. The lowest BCUT2D eigenvalue weighted by Crippen LogP contribution is -2.27. The van der Waals surface area contributed by atoms with Gasteiger partial charge in [-0.1, -0.05) is 12.8 Å². The molecule has 2 heterocycles. The maximum atomic E-state index is 11.3. The summed E-state index contributed by atoms with van der Waals surface area (Å²) in [7, 11) is 0. The second-order valence-corrected chi connectivity index (χ2v) is 5.38. The molecule has 1 atom stereocenters. The summed E-state index contributed by atoms with van der Waals surface area (Å²) in [5, 5.41) is 9.27. The Kier molecular flexibility index (Phi) is 2.86. The van der Waals surface area contributed by atoms with Gasteiger partial charge in [-0.15, -0.1) is 0 Å². The molecular weight excluding hydrogens is 230 g/mol. The van der Waals surface area contributed by atoms with Gasteiger partial charge in [-0.05, 0) is 32.1 Å². The summed E-state index contributed by atoms with van der Waals surface area (Å²) in [5.74, 6) is 0.408. The second-order valence-electron chi connectivity index (χ2n) is 5.38. The van der Waals surface area contributed by atoms with Crippen LogP contribution in [0.2, 0.25) is 0 Å². The molecule has 0 amide bonds. The van der Waals surface area contributed by atoms with Crippen LogP contribution in [0, 0.1) is 0 Å². The van der Waals surface area contributed by atoms with Crippen molar-refractivity contribution in [1.82, 2.24) is 9.55 Å². The third-order valence-electron chi connectivity index (χ3n) is 4.21. The van der Waals surface area contributed by atoms with Gasteiger partial charge in [-0.2, -0.15) is 0 Å². The zero-order chi connectivity index (χ0) is 12.7. The molecule has 3 N–H and O–H groups in total. The number of imidazole rings is 1. The van der Waals surface area contributed by atoms with Gasteiger partial charge < -0.3 is 15.4 Å². The smallest absolute Gasteiger partial charge is 0.356 e. The summed E-state index contributed by atoms with van der Waals surface area (Å²) in [5.41, 5.74) is 7.22. The van der Waals surface area contributed by atoms with Crippen molar-refractivity contribution >= 4 is 5.97 Å². The van der Waals surface area contributed by atoms with Crippen LogP contribution in [0.3, 0.4) is 0 Å². The third kappa shape index (κ3) is 1.73. The average Bonchev–Trinajstić information content (AvgIpc) is 2.95. The third-order valence-corrected chi connectivity index (χ3v) is 4.21. The zero-order valence-corrected chi connectivity index (χ0v) is 10.4. The Morgan fingerprint density at radius 1 is 1.28 bits per heavy atom. The highest BCUT2D eigenvalue weighted by Gasteiger charge is 2.32. The Hall–Kier alpha value is -1.36. The topological polar surface area (TPSA) is 81.1 Å². The number of carboxylic acids is 1. The molecule has 5 nitrogen and oxygen atoms in total. The van der Waals surface area contributed by atoms with E-state index in [2.05, 4.69) is 4.98 Å². The molecule has 3 rings (SSSR count). The molecule has 2 aliphatic rings. The lowest BCUT2D eigenvalue weighted by atomic mass is 10.0. The fourth-order valence-corrected chi connectivity index (χ4v) is 3.35. The summed E-state index contributed by atoms with van der Waals surface area (Å²) >= 11 is 0. The van der Waals surface area contributed by atoms with Gasteiger partial charge in [0.2, 0.25) is 0 Å². The van der Waals surface area contributed by atoms with Crippen LogP contribution >= 0.6 is 0 Å². The molecule has 0 radical (unpaired) electrons. The normalized spacial score (nSPS) is 24.2. The predicted molar refractivity (Wildman–Crippen MR) is 66.6 cm³/mol. The number of rotatable bonds is 2. The molecule has 1 aliphatic heterocycles. The van der Waals surface area contributed by atoms with Crippen LogP contribution in [0.4, 0.5) is 0 Å². The van der Waals surface area contributed by atoms with E-state index in [-0.39, 0.29) is 11.9 Å². The molecule has 0 spiro atoms. The molecule has 0 saturated heterocycles. The summed E-state index contributed by atoms with van der Waals surface area (Å²) < 4.78 is 2.02. The number of aromatic nitrogens is 2. The van der Waals surface area contributed by atoms with Gasteiger partial charge in [0.05, 0.1) is 11.9 Å². The van der Waals surface area contributed by atoms with Crippen molar-refractivity contribution in [2.24, 2.45) is 5.73 Å². The van der Waals surface area contributed by atoms with Crippen molar-refractivity contribution in [2.45, 2.75) is 57.0 Å². The molecule has 1 aromatic heterocycles. The first kappa shape index (κ1) is 11.7. The highest BCUT2D eigenvalue weighted by molar-refractivity contribution is 5.87. The molecule has 1 aromatic rings. The lowest BCUT2D eigenvalue weighted by Gasteiger charge is -2.25. The zero-order valence-electron chi connectivity index (χ0n) is 10.4. The molecule has 1 saturated carbocycles. The Bertz CT molecular complexity index is 475. The Balaban J connectivity index is 2.10. The molecule has 5 heteroatoms. The summed E-state index contributed by atoms with van der Waals surface area (Å²) in [6.45, 7) is 0. The van der Waals surface area contributed by atoms with Crippen LogP contribution < -0.4 is 5.73 Å². The average molecular weight is 249 g/mol. The molecule has 1 fully saturated rings. The van der Waals surface area contributed by atoms with E-state index in [0.29, 0.717) is 5.92 Å². The summed E-state index contributed by atoms with van der Waals surface area (Å²) in [6, 6.07) is 0. The van der Waals surface area contributed by atoms with Crippen LogP contribution in [0.1, 0.15) is 72.6 Å². The van der Waals surface area contributed by atoms with E-state index in [9.17, 15) is 9.90 Å². The first-order valence-electron chi connectivity index (χ1n) is 6.78. The van der Waals surface area contributed by atoms with Crippen molar-refractivity contribution in [3.8, 4) is 0 Å². The second kappa shape index (κ2) is 4.39. The van der Waals surface area contributed by atoms with Gasteiger partial charge in [-0.3, -0.25) is 0 Å². The van der Waals surface area contributed by atoms with Gasteiger partial charge in [0.15, 0.2) is 5.69 Å². The van der Waals surface area contributed by atoms with Gasteiger partial charge in [-0.25, -0.2) is 9.78 Å². The molecule has 98 valence electrons. The van der Waals surface area contributed by atoms with Gasteiger partial charge >= 0.3 is 5.97 Å². The minimum Gasteiger partial charge on any atom is -0.476 e. The molecule has 1 aliphatic carbocycles. The van der Waals surface area contributed by atoms with Crippen molar-refractivity contribution in [1.29, 1.82) is 0 Å². The summed E-state index contributed by atoms with van der Waals surface area (Å²) in [4.78, 5) is 15.7. The largest absolute Gasteiger partial charge is 0.476 e. The van der Waals surface area contributed by atoms with Gasteiger partial charge in [0.25, 0.3) is 0 Å². The van der Waals surface area contributed by atoms with Crippen LogP contribution in [0.25, 0.3) is 0 Å². The van der Waals surface area contributed by atoms with Crippen LogP contribution in [-0.4, -0.2) is 20.6 Å². The van der Waals surface area contributed by atoms with Gasteiger partial charge in [0.1, 0.15) is 5.82 Å². The number of nitrogens with zero attached hydrogens (tertiary/aromatic N) is 2. The van der Waals surface area contributed by atoms with Crippen LogP contribution in [0.5, 0.6) is 0 Å². The van der Waals surface area contributed by atoms with Crippen LogP contribution in [0.15, 0.2) is 0 Å². The Morgan fingerprint density at radius 3 is 2.67 bits per heavy atom. The van der Waals surface area contributed by atoms with E-state index in [1.807, 2.05) is 4.57 Å². The fourth-order valence-electron chi connectivity index (χ4n) is 3.35. The molecule has 0 bridgehead atoms. The highest BCUT2D eigenvalue weighted by atomic mass is 16.4. The number of fused-ring (bicyclic) bond motifs is 1. The first-order valence-corrected chi connectivity index (χ1v) is 6.78. The van der Waals surface area contributed by atoms with E-state index < -0.39 is 5.97 Å². The fraction of sp³-hybridized carbons (Fsp3) is 0.692. The van der Waals surface area contributed by atoms with Crippen molar-refractivity contribution in [2.75, 3.05) is 0 Å². The number of hydrogen-bond donors (Lipinski definition) is 2. The van der Waals surface area contributed by atoms with Crippen molar-refractivity contribution in [3.63, 3.8) is 0 Å². The number of hydrogen-bond acceptors (Lipinski definition) is 3. The SMILES string of the molecule is NC1CCCc2c(C(=O)O)nc(C3CCCC3)n21. The van der Waals surface area contributed by atoms with Crippen LogP contribution in [-0.2, 0) is 6.42 Å². The standard InChI is InChI=1S/C13H19N3O2/c14-10-7-3-6-9-11(13(17)18)15-12(16(9)10)8-4-1-2-5-8/h8,10H,1-7,14H2,(H,17,18). The molecule has 1 unspecified atom stereocenters. The number of aromatic carboxylic acids is 1. The van der Waals surface area contributed by atoms with Crippen molar-refractivity contribution < 1.29 is 9.90 Å². The quantitative estimate of drug-likeness (QED) is 0.840. The first-order chi connectivity index (χ1) is 8.68. The maximum Gasteiger partial charge on any atom is 0.356 e. The van der Waals surface area contributed by atoms with Crippen molar-refractivity contribution in [3.05, 3.63) is 17.2 Å². The molecule has 0 aromatic carbocycles. The summed E-state index contributed by atoms with van der Waals surface area (Å²) in [6.07, 6.45) is 7.22. The Labute approximate surface area is 106 Å².